The van der Waals surface area contributed by atoms with Crippen molar-refractivity contribution in [2.24, 2.45) is 0 Å². The van der Waals surface area contributed by atoms with E-state index in [1.807, 2.05) is 31.2 Å². The van der Waals surface area contributed by atoms with Crippen molar-refractivity contribution in [2.45, 2.75) is 13.5 Å². The van der Waals surface area contributed by atoms with E-state index >= 15 is 0 Å². The molecule has 0 fully saturated rings. The standard InChI is InChI=1S/C20H16N4O4/c1-12-5-4-6-13(9-12)18-23-22-17(28-18)10-21-16(25)11-24-19(26)14-7-2-3-8-15(14)20(24)27/h2-9H,10-11H2,1H3,(H,21,25). The summed E-state index contributed by atoms with van der Waals surface area (Å²) >= 11 is 0. The molecule has 0 aliphatic carbocycles. The van der Waals surface area contributed by atoms with Crippen LogP contribution in [0.2, 0.25) is 0 Å². The molecular formula is C20H16N4O4. The number of aryl methyl sites for hydroxylation is 1. The highest BCUT2D eigenvalue weighted by Crippen LogP contribution is 2.22. The number of benzene rings is 2. The first-order chi connectivity index (χ1) is 13.5. The number of rotatable bonds is 5. The number of hydrogen-bond acceptors (Lipinski definition) is 6. The van der Waals surface area contributed by atoms with E-state index in [9.17, 15) is 14.4 Å². The maximum absolute atomic E-state index is 12.3. The van der Waals surface area contributed by atoms with E-state index in [1.165, 1.54) is 0 Å². The number of fused-ring (bicyclic) bond motifs is 1. The molecule has 1 aromatic heterocycles. The monoisotopic (exact) mass is 376 g/mol. The van der Waals surface area contributed by atoms with Gasteiger partial charge in [0.1, 0.15) is 6.54 Å². The highest BCUT2D eigenvalue weighted by molar-refractivity contribution is 6.22. The third-order valence-electron chi connectivity index (χ3n) is 4.35. The molecule has 0 saturated heterocycles. The Kier molecular flexibility index (Phi) is 4.44. The molecule has 1 aliphatic rings. The molecule has 0 atom stereocenters. The van der Waals surface area contributed by atoms with E-state index in [-0.39, 0.29) is 19.0 Å². The SMILES string of the molecule is Cc1cccc(-c2nnc(CNC(=O)CN3C(=O)c4ccccc4C3=O)o2)c1. The first-order valence-electron chi connectivity index (χ1n) is 8.64. The van der Waals surface area contributed by atoms with E-state index in [0.717, 1.165) is 16.0 Å². The number of carbonyl (C=O) groups excluding carboxylic acids is 3. The molecule has 3 amide bonds. The summed E-state index contributed by atoms with van der Waals surface area (Å²) in [7, 11) is 0. The Morgan fingerprint density at radius 2 is 1.75 bits per heavy atom. The molecule has 2 heterocycles. The molecule has 4 rings (SSSR count). The molecule has 0 spiro atoms. The summed E-state index contributed by atoms with van der Waals surface area (Å²) in [6, 6.07) is 14.1. The van der Waals surface area contributed by atoms with Gasteiger partial charge in [-0.2, -0.15) is 0 Å². The number of carbonyl (C=O) groups is 3. The Labute approximate surface area is 160 Å². The lowest BCUT2D eigenvalue weighted by molar-refractivity contribution is -0.121. The molecule has 140 valence electrons. The summed E-state index contributed by atoms with van der Waals surface area (Å²) < 4.78 is 5.55. The van der Waals surface area contributed by atoms with Crippen LogP contribution in [0.1, 0.15) is 32.2 Å². The van der Waals surface area contributed by atoms with Crippen molar-refractivity contribution in [3.63, 3.8) is 0 Å². The van der Waals surface area contributed by atoms with Crippen LogP contribution in [0.25, 0.3) is 11.5 Å². The Balaban J connectivity index is 1.37. The fraction of sp³-hybridized carbons (Fsp3) is 0.150. The van der Waals surface area contributed by atoms with Gasteiger partial charge in [0.2, 0.25) is 17.7 Å². The molecule has 0 unspecified atom stereocenters. The van der Waals surface area contributed by atoms with Gasteiger partial charge in [0, 0.05) is 5.56 Å². The molecule has 8 nitrogen and oxygen atoms in total. The van der Waals surface area contributed by atoms with Crippen molar-refractivity contribution < 1.29 is 18.8 Å². The predicted octanol–water partition coefficient (Wildman–Crippen LogP) is 1.96. The molecule has 8 heteroatoms. The number of aromatic nitrogens is 2. The number of imide groups is 1. The van der Waals surface area contributed by atoms with Crippen LogP contribution in [0.15, 0.2) is 52.9 Å². The zero-order chi connectivity index (χ0) is 19.7. The smallest absolute Gasteiger partial charge is 0.262 e. The van der Waals surface area contributed by atoms with Crippen LogP contribution in [0, 0.1) is 6.92 Å². The van der Waals surface area contributed by atoms with Crippen LogP contribution in [-0.4, -0.2) is 39.4 Å². The molecule has 3 aromatic rings. The van der Waals surface area contributed by atoms with Crippen LogP contribution < -0.4 is 5.32 Å². The topological polar surface area (TPSA) is 105 Å². The van der Waals surface area contributed by atoms with Gasteiger partial charge < -0.3 is 9.73 Å². The van der Waals surface area contributed by atoms with Gasteiger partial charge in [-0.3, -0.25) is 19.3 Å². The molecule has 0 saturated carbocycles. The van der Waals surface area contributed by atoms with E-state index in [2.05, 4.69) is 15.5 Å². The maximum atomic E-state index is 12.3. The van der Waals surface area contributed by atoms with Gasteiger partial charge in [0.15, 0.2) is 0 Å². The lowest BCUT2D eigenvalue weighted by Gasteiger charge is -2.12. The van der Waals surface area contributed by atoms with Crippen LogP contribution in [0.3, 0.4) is 0 Å². The summed E-state index contributed by atoms with van der Waals surface area (Å²) in [4.78, 5) is 37.7. The Bertz CT molecular complexity index is 1050. The molecule has 0 bridgehead atoms. The van der Waals surface area contributed by atoms with Crippen molar-refractivity contribution in [1.29, 1.82) is 0 Å². The van der Waals surface area contributed by atoms with E-state index in [0.29, 0.717) is 17.0 Å². The second-order valence-electron chi connectivity index (χ2n) is 6.39. The summed E-state index contributed by atoms with van der Waals surface area (Å²) in [5.41, 5.74) is 2.46. The number of nitrogens with zero attached hydrogens (tertiary/aromatic N) is 3. The lowest BCUT2D eigenvalue weighted by atomic mass is 10.1. The summed E-state index contributed by atoms with van der Waals surface area (Å²) in [5, 5.41) is 10.5. The van der Waals surface area contributed by atoms with Crippen LogP contribution in [0.5, 0.6) is 0 Å². The highest BCUT2D eigenvalue weighted by Gasteiger charge is 2.36. The average Bonchev–Trinajstić information content (AvgIpc) is 3.26. The molecule has 0 radical (unpaired) electrons. The largest absolute Gasteiger partial charge is 0.419 e. The Morgan fingerprint density at radius 1 is 1.04 bits per heavy atom. The summed E-state index contributed by atoms with van der Waals surface area (Å²) in [6.07, 6.45) is 0. The first-order valence-corrected chi connectivity index (χ1v) is 8.64. The van der Waals surface area contributed by atoms with Gasteiger partial charge in [-0.15, -0.1) is 10.2 Å². The van der Waals surface area contributed by atoms with Crippen molar-refractivity contribution >= 4 is 17.7 Å². The third-order valence-corrected chi connectivity index (χ3v) is 4.35. The van der Waals surface area contributed by atoms with Gasteiger partial charge in [-0.25, -0.2) is 0 Å². The normalized spacial score (nSPS) is 13.0. The van der Waals surface area contributed by atoms with Crippen LogP contribution in [0.4, 0.5) is 0 Å². The minimum absolute atomic E-state index is 0.000812. The molecule has 1 N–H and O–H groups in total. The van der Waals surface area contributed by atoms with E-state index in [4.69, 9.17) is 4.42 Å². The molecular weight excluding hydrogens is 360 g/mol. The Hall–Kier alpha value is -3.81. The van der Waals surface area contributed by atoms with Gasteiger partial charge in [0.25, 0.3) is 11.8 Å². The minimum Gasteiger partial charge on any atom is -0.419 e. The number of nitrogens with one attached hydrogen (secondary N) is 1. The summed E-state index contributed by atoms with van der Waals surface area (Å²) in [5.74, 6) is -0.865. The van der Waals surface area contributed by atoms with Gasteiger partial charge in [-0.1, -0.05) is 29.8 Å². The zero-order valence-electron chi connectivity index (χ0n) is 15.0. The predicted molar refractivity (Wildman–Crippen MR) is 98.1 cm³/mol. The first kappa shape index (κ1) is 17.6. The fourth-order valence-corrected chi connectivity index (χ4v) is 2.98. The van der Waals surface area contributed by atoms with E-state index in [1.54, 1.807) is 24.3 Å². The Morgan fingerprint density at radius 3 is 2.43 bits per heavy atom. The number of amides is 3. The fourth-order valence-electron chi connectivity index (χ4n) is 2.98. The summed E-state index contributed by atoms with van der Waals surface area (Å²) in [6.45, 7) is 1.59. The van der Waals surface area contributed by atoms with Crippen molar-refractivity contribution in [1.82, 2.24) is 20.4 Å². The average molecular weight is 376 g/mol. The van der Waals surface area contributed by atoms with Gasteiger partial charge in [-0.05, 0) is 31.2 Å². The number of hydrogen-bond donors (Lipinski definition) is 1. The van der Waals surface area contributed by atoms with Crippen LogP contribution in [-0.2, 0) is 11.3 Å². The second-order valence-corrected chi connectivity index (χ2v) is 6.39. The molecule has 2 aromatic carbocycles. The van der Waals surface area contributed by atoms with Crippen molar-refractivity contribution in [3.05, 3.63) is 71.1 Å². The second kappa shape index (κ2) is 7.07. The quantitative estimate of drug-likeness (QED) is 0.683. The van der Waals surface area contributed by atoms with Gasteiger partial charge >= 0.3 is 0 Å². The zero-order valence-corrected chi connectivity index (χ0v) is 15.0. The maximum Gasteiger partial charge on any atom is 0.262 e. The van der Waals surface area contributed by atoms with Crippen molar-refractivity contribution in [3.8, 4) is 11.5 Å². The minimum atomic E-state index is -0.496. The molecule has 1 aliphatic heterocycles. The molecule has 28 heavy (non-hydrogen) atoms. The van der Waals surface area contributed by atoms with Crippen LogP contribution >= 0.6 is 0 Å². The highest BCUT2D eigenvalue weighted by atomic mass is 16.4. The van der Waals surface area contributed by atoms with Gasteiger partial charge in [0.05, 0.1) is 17.7 Å². The van der Waals surface area contributed by atoms with Crippen molar-refractivity contribution in [2.75, 3.05) is 6.54 Å². The third kappa shape index (κ3) is 3.27. The lowest BCUT2D eigenvalue weighted by Crippen LogP contribution is -2.40. The van der Waals surface area contributed by atoms with E-state index < -0.39 is 17.7 Å².